The van der Waals surface area contributed by atoms with Crippen LogP contribution in [0.3, 0.4) is 0 Å². The zero-order valence-corrected chi connectivity index (χ0v) is 11.4. The highest BCUT2D eigenvalue weighted by Crippen LogP contribution is 2.35. The molecule has 1 aromatic rings. The second kappa shape index (κ2) is 5.14. The van der Waals surface area contributed by atoms with Gasteiger partial charge in [-0.3, -0.25) is 0 Å². The molecule has 1 unspecified atom stereocenters. The standard InChI is InChI=1S/C16H23NO2/c17-14-7-3-6-13-12(14)5-4-8-15(13)19-11-16(18)9-1-2-10-16/h4-5,8,14,18H,1-3,6-7,9-11,17H2. The van der Waals surface area contributed by atoms with E-state index in [0.29, 0.717) is 6.61 Å². The van der Waals surface area contributed by atoms with Crippen LogP contribution in [0, 0.1) is 0 Å². The molecule has 3 N–H and O–H groups in total. The topological polar surface area (TPSA) is 55.5 Å². The van der Waals surface area contributed by atoms with Gasteiger partial charge in [-0.25, -0.2) is 0 Å². The van der Waals surface area contributed by atoms with Crippen molar-refractivity contribution in [2.75, 3.05) is 6.61 Å². The molecule has 3 heteroatoms. The lowest BCUT2D eigenvalue weighted by molar-refractivity contribution is 0.00106. The number of fused-ring (bicyclic) bond motifs is 1. The molecule has 1 saturated carbocycles. The van der Waals surface area contributed by atoms with Gasteiger partial charge in [0.2, 0.25) is 0 Å². The summed E-state index contributed by atoms with van der Waals surface area (Å²) in [5.74, 6) is 0.924. The molecule has 2 aliphatic carbocycles. The van der Waals surface area contributed by atoms with E-state index in [0.717, 1.165) is 50.7 Å². The van der Waals surface area contributed by atoms with E-state index >= 15 is 0 Å². The van der Waals surface area contributed by atoms with Crippen LogP contribution in [0.4, 0.5) is 0 Å². The van der Waals surface area contributed by atoms with E-state index in [1.807, 2.05) is 12.1 Å². The molecule has 0 spiro atoms. The summed E-state index contributed by atoms with van der Waals surface area (Å²) in [6.45, 7) is 0.415. The Morgan fingerprint density at radius 3 is 2.84 bits per heavy atom. The third-order valence-corrected chi connectivity index (χ3v) is 4.54. The number of ether oxygens (including phenoxy) is 1. The lowest BCUT2D eigenvalue weighted by Crippen LogP contribution is -2.32. The van der Waals surface area contributed by atoms with Crippen LogP contribution in [0.15, 0.2) is 18.2 Å². The van der Waals surface area contributed by atoms with Crippen LogP contribution in [-0.4, -0.2) is 17.3 Å². The lowest BCUT2D eigenvalue weighted by Gasteiger charge is -2.27. The SMILES string of the molecule is NC1CCCc2c(OCC3(O)CCCC3)cccc21. The van der Waals surface area contributed by atoms with Gasteiger partial charge in [0.15, 0.2) is 0 Å². The first kappa shape index (κ1) is 12.9. The zero-order valence-electron chi connectivity index (χ0n) is 11.4. The predicted octanol–water partition coefficient (Wildman–Crippen LogP) is 2.71. The highest BCUT2D eigenvalue weighted by atomic mass is 16.5. The number of nitrogens with two attached hydrogens (primary N) is 1. The van der Waals surface area contributed by atoms with Crippen LogP contribution >= 0.6 is 0 Å². The summed E-state index contributed by atoms with van der Waals surface area (Å²) in [4.78, 5) is 0. The summed E-state index contributed by atoms with van der Waals surface area (Å²) in [6.07, 6.45) is 7.16. The van der Waals surface area contributed by atoms with Gasteiger partial charge in [-0.15, -0.1) is 0 Å². The minimum absolute atomic E-state index is 0.141. The van der Waals surface area contributed by atoms with E-state index in [4.69, 9.17) is 10.5 Å². The smallest absolute Gasteiger partial charge is 0.122 e. The largest absolute Gasteiger partial charge is 0.490 e. The molecule has 0 aromatic heterocycles. The second-order valence-corrected chi connectivity index (χ2v) is 6.04. The van der Waals surface area contributed by atoms with Crippen LogP contribution in [0.5, 0.6) is 5.75 Å². The van der Waals surface area contributed by atoms with Crippen LogP contribution < -0.4 is 10.5 Å². The Hall–Kier alpha value is -1.06. The molecule has 3 rings (SSSR count). The van der Waals surface area contributed by atoms with Crippen LogP contribution in [-0.2, 0) is 6.42 Å². The van der Waals surface area contributed by atoms with E-state index in [1.165, 1.54) is 11.1 Å². The predicted molar refractivity (Wildman–Crippen MR) is 75.2 cm³/mol. The second-order valence-electron chi connectivity index (χ2n) is 6.04. The fraction of sp³-hybridized carbons (Fsp3) is 0.625. The number of aliphatic hydroxyl groups is 1. The first-order chi connectivity index (χ1) is 9.18. The first-order valence-electron chi connectivity index (χ1n) is 7.40. The van der Waals surface area contributed by atoms with Crippen LogP contribution in [0.2, 0.25) is 0 Å². The molecule has 0 bridgehead atoms. The molecule has 104 valence electrons. The highest BCUT2D eigenvalue weighted by Gasteiger charge is 2.32. The molecule has 1 fully saturated rings. The van der Waals surface area contributed by atoms with E-state index in [2.05, 4.69) is 6.07 Å². The number of hydrogen-bond acceptors (Lipinski definition) is 3. The Balaban J connectivity index is 1.76. The molecule has 3 nitrogen and oxygen atoms in total. The van der Waals surface area contributed by atoms with Crippen molar-refractivity contribution in [1.82, 2.24) is 0 Å². The molecule has 1 aromatic carbocycles. The van der Waals surface area contributed by atoms with Gasteiger partial charge in [0.25, 0.3) is 0 Å². The van der Waals surface area contributed by atoms with Crippen molar-refractivity contribution in [1.29, 1.82) is 0 Å². The summed E-state index contributed by atoms with van der Waals surface area (Å²) in [6, 6.07) is 6.27. The van der Waals surface area contributed by atoms with E-state index in [9.17, 15) is 5.11 Å². The molecular formula is C16H23NO2. The summed E-state index contributed by atoms with van der Waals surface area (Å²) in [7, 11) is 0. The minimum Gasteiger partial charge on any atom is -0.490 e. The van der Waals surface area contributed by atoms with Gasteiger partial charge in [-0.05, 0) is 49.3 Å². The van der Waals surface area contributed by atoms with Gasteiger partial charge in [-0.1, -0.05) is 25.0 Å². The van der Waals surface area contributed by atoms with Crippen molar-refractivity contribution < 1.29 is 9.84 Å². The fourth-order valence-corrected chi connectivity index (χ4v) is 3.38. The van der Waals surface area contributed by atoms with Gasteiger partial charge >= 0.3 is 0 Å². The number of benzene rings is 1. The molecule has 0 aliphatic heterocycles. The summed E-state index contributed by atoms with van der Waals surface area (Å²) < 4.78 is 5.93. The van der Waals surface area contributed by atoms with Crippen molar-refractivity contribution in [3.63, 3.8) is 0 Å². The van der Waals surface area contributed by atoms with Crippen molar-refractivity contribution in [3.8, 4) is 5.75 Å². The maximum Gasteiger partial charge on any atom is 0.122 e. The van der Waals surface area contributed by atoms with E-state index in [1.54, 1.807) is 0 Å². The van der Waals surface area contributed by atoms with Crippen LogP contribution in [0.1, 0.15) is 55.7 Å². The minimum atomic E-state index is -0.612. The molecule has 0 amide bonds. The average Bonchev–Trinajstić information content (AvgIpc) is 2.84. The highest BCUT2D eigenvalue weighted by molar-refractivity contribution is 5.43. The fourth-order valence-electron chi connectivity index (χ4n) is 3.38. The third-order valence-electron chi connectivity index (χ3n) is 4.54. The molecule has 1 atom stereocenters. The van der Waals surface area contributed by atoms with Crippen molar-refractivity contribution >= 4 is 0 Å². The molecule has 0 saturated heterocycles. The monoisotopic (exact) mass is 261 g/mol. The van der Waals surface area contributed by atoms with Crippen LogP contribution in [0.25, 0.3) is 0 Å². The molecule has 0 radical (unpaired) electrons. The molecule has 2 aliphatic rings. The Morgan fingerprint density at radius 1 is 1.26 bits per heavy atom. The molecule has 0 heterocycles. The van der Waals surface area contributed by atoms with Crippen molar-refractivity contribution in [2.24, 2.45) is 5.73 Å². The first-order valence-corrected chi connectivity index (χ1v) is 7.40. The van der Waals surface area contributed by atoms with Gasteiger partial charge in [0.05, 0.1) is 5.60 Å². The Bertz CT molecular complexity index is 452. The van der Waals surface area contributed by atoms with Crippen molar-refractivity contribution in [3.05, 3.63) is 29.3 Å². The zero-order chi connectivity index (χ0) is 13.3. The Labute approximate surface area is 114 Å². The Morgan fingerprint density at radius 2 is 2.05 bits per heavy atom. The Kier molecular flexibility index (Phi) is 3.50. The average molecular weight is 261 g/mol. The lowest BCUT2D eigenvalue weighted by atomic mass is 9.87. The van der Waals surface area contributed by atoms with E-state index in [-0.39, 0.29) is 6.04 Å². The van der Waals surface area contributed by atoms with Gasteiger partial charge < -0.3 is 15.6 Å². The number of hydrogen-bond donors (Lipinski definition) is 2. The summed E-state index contributed by atoms with van der Waals surface area (Å²) >= 11 is 0. The van der Waals surface area contributed by atoms with Gasteiger partial charge in [0, 0.05) is 6.04 Å². The van der Waals surface area contributed by atoms with E-state index < -0.39 is 5.60 Å². The summed E-state index contributed by atoms with van der Waals surface area (Å²) in [5, 5.41) is 10.4. The maximum absolute atomic E-state index is 10.4. The summed E-state index contributed by atoms with van der Waals surface area (Å²) in [5.41, 5.74) is 8.02. The normalized spacial score (nSPS) is 25.1. The maximum atomic E-state index is 10.4. The van der Waals surface area contributed by atoms with Crippen molar-refractivity contribution in [2.45, 2.75) is 56.6 Å². The quantitative estimate of drug-likeness (QED) is 0.879. The van der Waals surface area contributed by atoms with Gasteiger partial charge in [0.1, 0.15) is 12.4 Å². The molecular weight excluding hydrogens is 238 g/mol. The molecule has 19 heavy (non-hydrogen) atoms. The van der Waals surface area contributed by atoms with Gasteiger partial charge in [-0.2, -0.15) is 0 Å². The third kappa shape index (κ3) is 2.63. The number of rotatable bonds is 3.